The molecule has 0 bridgehead atoms. The molecule has 1 fully saturated rings. The summed E-state index contributed by atoms with van der Waals surface area (Å²) in [6.45, 7) is 11.8. The Labute approximate surface area is 99.4 Å². The van der Waals surface area contributed by atoms with Gasteiger partial charge in [-0.2, -0.15) is 0 Å². The van der Waals surface area contributed by atoms with E-state index < -0.39 is 0 Å². The summed E-state index contributed by atoms with van der Waals surface area (Å²) >= 11 is 0. The summed E-state index contributed by atoms with van der Waals surface area (Å²) < 4.78 is 0. The van der Waals surface area contributed by atoms with Crippen molar-refractivity contribution >= 4 is 5.91 Å². The first kappa shape index (κ1) is 13.5. The van der Waals surface area contributed by atoms with Crippen molar-refractivity contribution in [1.29, 1.82) is 0 Å². The third-order valence-electron chi connectivity index (χ3n) is 3.17. The zero-order valence-corrected chi connectivity index (χ0v) is 11.3. The van der Waals surface area contributed by atoms with Gasteiger partial charge in [0.1, 0.15) is 0 Å². The monoisotopic (exact) mass is 226 g/mol. The van der Waals surface area contributed by atoms with Gasteiger partial charge < -0.3 is 10.6 Å². The summed E-state index contributed by atoms with van der Waals surface area (Å²) in [5.41, 5.74) is 5.98. The Kier molecular flexibility index (Phi) is 3.68. The first-order valence-electron chi connectivity index (χ1n) is 6.20. The van der Waals surface area contributed by atoms with Crippen LogP contribution in [0.15, 0.2) is 0 Å². The molecule has 0 radical (unpaired) electrons. The molecule has 3 nitrogen and oxygen atoms in total. The van der Waals surface area contributed by atoms with Gasteiger partial charge in [0.15, 0.2) is 0 Å². The molecule has 1 heterocycles. The molecule has 0 aromatic carbocycles. The summed E-state index contributed by atoms with van der Waals surface area (Å²) in [6.07, 6.45) is 2.86. The molecule has 2 N–H and O–H groups in total. The van der Waals surface area contributed by atoms with Gasteiger partial charge in [-0.25, -0.2) is 0 Å². The molecule has 1 amide bonds. The van der Waals surface area contributed by atoms with Gasteiger partial charge in [0, 0.05) is 12.1 Å². The van der Waals surface area contributed by atoms with Crippen LogP contribution in [0.3, 0.4) is 0 Å². The highest BCUT2D eigenvalue weighted by atomic mass is 16.2. The fraction of sp³-hybridized carbons (Fsp3) is 0.923. The van der Waals surface area contributed by atoms with Gasteiger partial charge in [0.05, 0.1) is 6.04 Å². The van der Waals surface area contributed by atoms with E-state index in [0.717, 1.165) is 25.8 Å². The van der Waals surface area contributed by atoms with E-state index in [-0.39, 0.29) is 22.9 Å². The second kappa shape index (κ2) is 4.36. The van der Waals surface area contributed by atoms with E-state index in [4.69, 9.17) is 5.73 Å². The number of rotatable bonds is 2. The number of piperidine rings is 1. The number of likely N-dealkylation sites (tertiary alicyclic amines) is 1. The second-order valence-corrected chi connectivity index (χ2v) is 6.79. The molecule has 16 heavy (non-hydrogen) atoms. The average Bonchev–Trinajstić information content (AvgIpc) is 2.05. The van der Waals surface area contributed by atoms with Crippen LogP contribution in [0.4, 0.5) is 0 Å². The molecule has 94 valence electrons. The van der Waals surface area contributed by atoms with E-state index in [2.05, 4.69) is 34.6 Å². The fourth-order valence-corrected chi connectivity index (χ4v) is 2.90. The number of carbonyl (C=O) groups is 1. The third-order valence-corrected chi connectivity index (χ3v) is 3.17. The Morgan fingerprint density at radius 2 is 1.88 bits per heavy atom. The molecular formula is C13H26N2O. The van der Waals surface area contributed by atoms with Crippen molar-refractivity contribution in [3.63, 3.8) is 0 Å². The van der Waals surface area contributed by atoms with E-state index in [9.17, 15) is 4.79 Å². The topological polar surface area (TPSA) is 46.3 Å². The average molecular weight is 226 g/mol. The van der Waals surface area contributed by atoms with E-state index in [1.807, 2.05) is 4.90 Å². The minimum absolute atomic E-state index is 0.0899. The second-order valence-electron chi connectivity index (χ2n) is 6.79. The highest BCUT2D eigenvalue weighted by molar-refractivity contribution is 5.83. The number of amides is 1. The van der Waals surface area contributed by atoms with E-state index in [0.29, 0.717) is 0 Å². The maximum Gasteiger partial charge on any atom is 0.239 e. The van der Waals surface area contributed by atoms with Gasteiger partial charge in [-0.15, -0.1) is 0 Å². The normalized spacial score (nSPS) is 23.8. The van der Waals surface area contributed by atoms with Crippen LogP contribution in [-0.2, 0) is 4.79 Å². The minimum Gasteiger partial charge on any atom is -0.336 e. The van der Waals surface area contributed by atoms with Crippen molar-refractivity contribution in [2.24, 2.45) is 11.1 Å². The molecule has 1 aliphatic heterocycles. The zero-order valence-electron chi connectivity index (χ0n) is 11.3. The predicted octanol–water partition coefficient (Wildman–Crippen LogP) is 2.15. The Hall–Kier alpha value is -0.570. The Morgan fingerprint density at radius 3 is 2.38 bits per heavy atom. The molecule has 1 saturated heterocycles. The van der Waals surface area contributed by atoms with Crippen LogP contribution in [0.2, 0.25) is 0 Å². The lowest BCUT2D eigenvalue weighted by Gasteiger charge is -2.45. The van der Waals surface area contributed by atoms with E-state index in [1.54, 1.807) is 0 Å². The standard InChI is InChI=1S/C13H26N2O/c1-12(2,3)9-13(4,5)15-8-6-7-10(14)11(15)16/h10H,6-9,14H2,1-5H3. The van der Waals surface area contributed by atoms with Crippen molar-refractivity contribution < 1.29 is 4.79 Å². The molecule has 0 spiro atoms. The minimum atomic E-state index is -0.284. The Morgan fingerprint density at radius 1 is 1.31 bits per heavy atom. The molecule has 1 rings (SSSR count). The maximum atomic E-state index is 12.1. The molecule has 0 saturated carbocycles. The van der Waals surface area contributed by atoms with Gasteiger partial charge >= 0.3 is 0 Å². The van der Waals surface area contributed by atoms with Gasteiger partial charge in [0.2, 0.25) is 5.91 Å². The molecule has 0 aromatic heterocycles. The molecular weight excluding hydrogens is 200 g/mol. The summed E-state index contributed by atoms with van der Waals surface area (Å²) in [7, 11) is 0. The largest absolute Gasteiger partial charge is 0.336 e. The Bertz CT molecular complexity index is 266. The molecule has 1 aliphatic rings. The highest BCUT2D eigenvalue weighted by Gasteiger charge is 2.38. The number of nitrogens with two attached hydrogens (primary N) is 1. The summed E-state index contributed by atoms with van der Waals surface area (Å²) in [6, 6.07) is -0.284. The van der Waals surface area contributed by atoms with Crippen LogP contribution in [0, 0.1) is 5.41 Å². The lowest BCUT2D eigenvalue weighted by molar-refractivity contribution is -0.141. The van der Waals surface area contributed by atoms with Crippen LogP contribution < -0.4 is 5.73 Å². The van der Waals surface area contributed by atoms with Crippen LogP contribution in [-0.4, -0.2) is 28.9 Å². The quantitative estimate of drug-likeness (QED) is 0.784. The fourth-order valence-electron chi connectivity index (χ4n) is 2.90. The molecule has 3 heteroatoms. The Balaban J connectivity index is 2.78. The first-order valence-corrected chi connectivity index (χ1v) is 6.20. The van der Waals surface area contributed by atoms with Crippen LogP contribution in [0.5, 0.6) is 0 Å². The van der Waals surface area contributed by atoms with Crippen LogP contribution in [0.25, 0.3) is 0 Å². The summed E-state index contributed by atoms with van der Waals surface area (Å²) in [5, 5.41) is 0. The molecule has 0 aromatic rings. The molecule has 1 atom stereocenters. The van der Waals surface area contributed by atoms with Crippen molar-refractivity contribution in [1.82, 2.24) is 4.90 Å². The molecule has 1 unspecified atom stereocenters. The molecule has 0 aliphatic carbocycles. The lowest BCUT2D eigenvalue weighted by Crippen LogP contribution is -2.57. The van der Waals surface area contributed by atoms with Crippen molar-refractivity contribution in [3.05, 3.63) is 0 Å². The van der Waals surface area contributed by atoms with Crippen LogP contribution in [0.1, 0.15) is 53.9 Å². The van der Waals surface area contributed by atoms with Gasteiger partial charge in [0.25, 0.3) is 0 Å². The number of nitrogens with zero attached hydrogens (tertiary/aromatic N) is 1. The van der Waals surface area contributed by atoms with Gasteiger partial charge in [-0.3, -0.25) is 4.79 Å². The summed E-state index contributed by atoms with van der Waals surface area (Å²) in [5.74, 6) is 0.125. The van der Waals surface area contributed by atoms with Gasteiger partial charge in [-0.1, -0.05) is 20.8 Å². The number of carbonyl (C=O) groups excluding carboxylic acids is 1. The van der Waals surface area contributed by atoms with E-state index >= 15 is 0 Å². The van der Waals surface area contributed by atoms with Crippen LogP contribution >= 0.6 is 0 Å². The maximum absolute atomic E-state index is 12.1. The highest BCUT2D eigenvalue weighted by Crippen LogP contribution is 2.33. The number of hydrogen-bond donors (Lipinski definition) is 1. The SMILES string of the molecule is CC(C)(C)CC(C)(C)N1CCCC(N)C1=O. The predicted molar refractivity (Wildman–Crippen MR) is 67.1 cm³/mol. The van der Waals surface area contributed by atoms with E-state index in [1.165, 1.54) is 0 Å². The first-order chi connectivity index (χ1) is 7.13. The van der Waals surface area contributed by atoms with Crippen molar-refractivity contribution in [2.75, 3.05) is 6.54 Å². The lowest BCUT2D eigenvalue weighted by atomic mass is 9.80. The van der Waals surface area contributed by atoms with Crippen molar-refractivity contribution in [3.8, 4) is 0 Å². The van der Waals surface area contributed by atoms with Crippen molar-refractivity contribution in [2.45, 2.75) is 65.5 Å². The third kappa shape index (κ3) is 3.21. The summed E-state index contributed by atoms with van der Waals surface area (Å²) in [4.78, 5) is 14.0. The zero-order chi connectivity index (χ0) is 12.6. The number of hydrogen-bond acceptors (Lipinski definition) is 2. The smallest absolute Gasteiger partial charge is 0.239 e. The van der Waals surface area contributed by atoms with Gasteiger partial charge in [-0.05, 0) is 38.5 Å².